The van der Waals surface area contributed by atoms with Gasteiger partial charge in [0.05, 0.1) is 0 Å². The first-order valence-electron chi connectivity index (χ1n) is 8.25. The molecule has 24 heavy (non-hydrogen) atoms. The van der Waals surface area contributed by atoms with Crippen LogP contribution in [0.2, 0.25) is 5.02 Å². The number of carbonyl (C=O) groups excluding carboxylic acids is 2. The molecule has 2 aromatic carbocycles. The summed E-state index contributed by atoms with van der Waals surface area (Å²) >= 11 is 5.92. The van der Waals surface area contributed by atoms with E-state index >= 15 is 0 Å². The van der Waals surface area contributed by atoms with Crippen molar-refractivity contribution in [2.75, 3.05) is 0 Å². The Labute approximate surface area is 147 Å². The van der Waals surface area contributed by atoms with Crippen LogP contribution in [0.4, 0.5) is 0 Å². The van der Waals surface area contributed by atoms with E-state index in [4.69, 9.17) is 11.6 Å². The van der Waals surface area contributed by atoms with Gasteiger partial charge < -0.3 is 0 Å². The highest BCUT2D eigenvalue weighted by atomic mass is 35.5. The van der Waals surface area contributed by atoms with Gasteiger partial charge in [0.2, 0.25) is 0 Å². The lowest BCUT2D eigenvalue weighted by Gasteiger charge is -2.29. The minimum absolute atomic E-state index is 0.0289. The van der Waals surface area contributed by atoms with Crippen molar-refractivity contribution < 1.29 is 9.59 Å². The summed E-state index contributed by atoms with van der Waals surface area (Å²) in [5.41, 5.74) is 5.14. The second kappa shape index (κ2) is 6.52. The Kier molecular flexibility index (Phi) is 4.60. The molecular formula is C21H21ClO2. The minimum atomic E-state index is -0.603. The number of hydrogen-bond acceptors (Lipinski definition) is 2. The predicted molar refractivity (Wildman–Crippen MR) is 96.8 cm³/mol. The van der Waals surface area contributed by atoms with Gasteiger partial charge in [-0.3, -0.25) is 9.59 Å². The molecule has 2 aromatic rings. The third-order valence-electron chi connectivity index (χ3n) is 4.91. The summed E-state index contributed by atoms with van der Waals surface area (Å²) in [6.45, 7) is 6.01. The van der Waals surface area contributed by atoms with Gasteiger partial charge in [-0.1, -0.05) is 41.4 Å². The zero-order valence-corrected chi connectivity index (χ0v) is 15.0. The molecule has 0 radical (unpaired) electrons. The van der Waals surface area contributed by atoms with E-state index in [0.29, 0.717) is 17.9 Å². The van der Waals surface area contributed by atoms with E-state index in [9.17, 15) is 9.59 Å². The molecule has 3 heteroatoms. The Bertz CT molecular complexity index is 764. The van der Waals surface area contributed by atoms with E-state index < -0.39 is 5.92 Å². The Morgan fingerprint density at radius 1 is 0.875 bits per heavy atom. The lowest BCUT2D eigenvalue weighted by atomic mass is 9.72. The van der Waals surface area contributed by atoms with E-state index in [-0.39, 0.29) is 17.5 Å². The first kappa shape index (κ1) is 16.9. The van der Waals surface area contributed by atoms with Crippen LogP contribution in [0.25, 0.3) is 0 Å². The molecule has 0 amide bonds. The summed E-state index contributed by atoms with van der Waals surface area (Å²) in [4.78, 5) is 25.6. The van der Waals surface area contributed by atoms with Crippen LogP contribution in [0.5, 0.6) is 0 Å². The van der Waals surface area contributed by atoms with Crippen LogP contribution in [-0.4, -0.2) is 11.6 Å². The molecule has 0 N–H and O–H groups in total. The highest BCUT2D eigenvalue weighted by Crippen LogP contribution is 2.38. The highest BCUT2D eigenvalue weighted by Gasteiger charge is 2.38. The van der Waals surface area contributed by atoms with Crippen LogP contribution in [-0.2, 0) is 9.59 Å². The number of aryl methyl sites for hydroxylation is 3. The molecule has 2 nitrogen and oxygen atoms in total. The summed E-state index contributed by atoms with van der Waals surface area (Å²) in [5, 5.41) is 0.663. The topological polar surface area (TPSA) is 34.1 Å². The van der Waals surface area contributed by atoms with Gasteiger partial charge in [0.25, 0.3) is 0 Å². The number of benzene rings is 2. The monoisotopic (exact) mass is 340 g/mol. The van der Waals surface area contributed by atoms with Crippen molar-refractivity contribution in [3.63, 3.8) is 0 Å². The zero-order valence-electron chi connectivity index (χ0n) is 14.2. The van der Waals surface area contributed by atoms with Gasteiger partial charge in [-0.25, -0.2) is 0 Å². The highest BCUT2D eigenvalue weighted by molar-refractivity contribution is 6.30. The van der Waals surface area contributed by atoms with Crippen molar-refractivity contribution in [2.45, 2.75) is 45.4 Å². The summed E-state index contributed by atoms with van der Waals surface area (Å²) in [6.07, 6.45) is 0.815. The van der Waals surface area contributed by atoms with Gasteiger partial charge in [-0.15, -0.1) is 0 Å². The number of rotatable bonds is 2. The van der Waals surface area contributed by atoms with Crippen molar-refractivity contribution in [1.29, 1.82) is 0 Å². The Balaban J connectivity index is 1.91. The number of carbonyl (C=O) groups is 2. The molecule has 0 aliphatic heterocycles. The lowest BCUT2D eigenvalue weighted by molar-refractivity contribution is -0.132. The molecule has 1 fully saturated rings. The third kappa shape index (κ3) is 3.16. The maximum atomic E-state index is 12.8. The minimum Gasteiger partial charge on any atom is -0.298 e. The maximum absolute atomic E-state index is 12.8. The average molecular weight is 341 g/mol. The van der Waals surface area contributed by atoms with Crippen molar-refractivity contribution in [1.82, 2.24) is 0 Å². The van der Waals surface area contributed by atoms with Crippen molar-refractivity contribution >= 4 is 23.2 Å². The van der Waals surface area contributed by atoms with Gasteiger partial charge in [0, 0.05) is 17.9 Å². The smallest absolute Gasteiger partial charge is 0.148 e. The molecule has 1 aliphatic carbocycles. The molecule has 0 unspecified atom stereocenters. The van der Waals surface area contributed by atoms with Gasteiger partial charge in [-0.05, 0) is 61.1 Å². The van der Waals surface area contributed by atoms with Crippen LogP contribution in [0.15, 0.2) is 36.4 Å². The van der Waals surface area contributed by atoms with Crippen LogP contribution >= 0.6 is 11.6 Å². The Morgan fingerprint density at radius 3 is 1.88 bits per heavy atom. The predicted octanol–water partition coefficient (Wildman–Crippen LogP) is 5.06. The molecule has 0 saturated heterocycles. The quantitative estimate of drug-likeness (QED) is 0.716. The van der Waals surface area contributed by atoms with Crippen LogP contribution < -0.4 is 0 Å². The average Bonchev–Trinajstić information content (AvgIpc) is 2.49. The fraction of sp³-hybridized carbons (Fsp3) is 0.333. The summed E-state index contributed by atoms with van der Waals surface area (Å²) in [7, 11) is 0. The van der Waals surface area contributed by atoms with E-state index in [1.807, 2.05) is 57.2 Å². The standard InChI is InChI=1S/C21H21ClO2/c1-12-8-13(2)20(14(3)9-12)21-18(23)10-16(11-19(21)24)15-4-6-17(22)7-5-15/h4-9,16,21H,10-11H2,1-3H3. The molecule has 0 spiro atoms. The van der Waals surface area contributed by atoms with Gasteiger partial charge in [0.1, 0.15) is 17.5 Å². The number of hydrogen-bond donors (Lipinski definition) is 0. The number of Topliss-reactive ketones (excluding diaryl/α,β-unsaturated/α-hetero) is 2. The lowest BCUT2D eigenvalue weighted by Crippen LogP contribution is -2.31. The fourth-order valence-electron chi connectivity index (χ4n) is 3.91. The zero-order chi connectivity index (χ0) is 17.4. The molecule has 124 valence electrons. The number of halogens is 1. The summed E-state index contributed by atoms with van der Waals surface area (Å²) in [5.74, 6) is -0.582. The van der Waals surface area contributed by atoms with Crippen molar-refractivity contribution in [3.8, 4) is 0 Å². The van der Waals surface area contributed by atoms with Crippen LogP contribution in [0.1, 0.15) is 52.5 Å². The van der Waals surface area contributed by atoms with Crippen molar-refractivity contribution in [3.05, 3.63) is 69.2 Å². The van der Waals surface area contributed by atoms with Gasteiger partial charge in [-0.2, -0.15) is 0 Å². The molecular weight excluding hydrogens is 320 g/mol. The SMILES string of the molecule is Cc1cc(C)c(C2C(=O)CC(c3ccc(Cl)cc3)CC2=O)c(C)c1. The second-order valence-electron chi connectivity index (χ2n) is 6.83. The van der Waals surface area contributed by atoms with Gasteiger partial charge in [0.15, 0.2) is 0 Å². The van der Waals surface area contributed by atoms with Gasteiger partial charge >= 0.3 is 0 Å². The van der Waals surface area contributed by atoms with Crippen LogP contribution in [0, 0.1) is 20.8 Å². The van der Waals surface area contributed by atoms with E-state index in [2.05, 4.69) is 0 Å². The second-order valence-corrected chi connectivity index (χ2v) is 7.27. The third-order valence-corrected chi connectivity index (χ3v) is 5.16. The Morgan fingerprint density at radius 2 is 1.38 bits per heavy atom. The molecule has 0 atom stereocenters. The molecule has 0 bridgehead atoms. The molecule has 1 aliphatic rings. The fourth-order valence-corrected chi connectivity index (χ4v) is 4.04. The van der Waals surface area contributed by atoms with E-state index in [1.165, 1.54) is 0 Å². The van der Waals surface area contributed by atoms with Crippen LogP contribution in [0.3, 0.4) is 0 Å². The van der Waals surface area contributed by atoms with E-state index in [0.717, 1.165) is 27.8 Å². The number of ketones is 2. The molecule has 0 heterocycles. The molecule has 1 saturated carbocycles. The summed E-state index contributed by atoms with van der Waals surface area (Å²) in [6, 6.07) is 11.5. The van der Waals surface area contributed by atoms with E-state index in [1.54, 1.807) is 0 Å². The maximum Gasteiger partial charge on any atom is 0.148 e. The largest absolute Gasteiger partial charge is 0.298 e. The summed E-state index contributed by atoms with van der Waals surface area (Å²) < 4.78 is 0. The first-order chi connectivity index (χ1) is 11.4. The first-order valence-corrected chi connectivity index (χ1v) is 8.63. The molecule has 0 aromatic heterocycles. The Hall–Kier alpha value is -1.93. The molecule has 3 rings (SSSR count). The van der Waals surface area contributed by atoms with Crippen molar-refractivity contribution in [2.24, 2.45) is 0 Å². The normalized spacial score (nSPS) is 21.2.